The van der Waals surface area contributed by atoms with Gasteiger partial charge in [-0.2, -0.15) is 0 Å². The lowest BCUT2D eigenvalue weighted by Crippen LogP contribution is -2.17. The molecule has 1 aliphatic rings. The summed E-state index contributed by atoms with van der Waals surface area (Å²) in [6, 6.07) is 4.42. The molecule has 1 aromatic rings. The Bertz CT molecular complexity index is 363. The van der Waals surface area contributed by atoms with Gasteiger partial charge in [-0.05, 0) is 49.3 Å². The fourth-order valence-corrected chi connectivity index (χ4v) is 2.55. The molecule has 0 aliphatic carbocycles. The van der Waals surface area contributed by atoms with Crippen LogP contribution in [-0.2, 0) is 24.3 Å². The molecule has 3 heteroatoms. The number of benzene rings is 1. The van der Waals surface area contributed by atoms with Crippen LogP contribution >= 0.6 is 15.9 Å². The average molecular weight is 270 g/mol. The minimum absolute atomic E-state index is 0.770. The van der Waals surface area contributed by atoms with Crippen LogP contribution in [0.3, 0.4) is 0 Å². The predicted octanol–water partition coefficient (Wildman–Crippen LogP) is 2.58. The van der Waals surface area contributed by atoms with Crippen molar-refractivity contribution in [3.63, 3.8) is 0 Å². The molecule has 2 rings (SSSR count). The van der Waals surface area contributed by atoms with Gasteiger partial charge in [0.1, 0.15) is 0 Å². The van der Waals surface area contributed by atoms with Crippen LogP contribution in [0.15, 0.2) is 16.6 Å². The van der Waals surface area contributed by atoms with Gasteiger partial charge in [0.2, 0.25) is 0 Å². The van der Waals surface area contributed by atoms with Gasteiger partial charge in [-0.1, -0.05) is 15.9 Å². The summed E-state index contributed by atoms with van der Waals surface area (Å²) in [7, 11) is 4.19. The Kier molecular flexibility index (Phi) is 3.44. The summed E-state index contributed by atoms with van der Waals surface area (Å²) < 4.78 is 6.70. The second kappa shape index (κ2) is 4.64. The molecule has 2 nitrogen and oxygen atoms in total. The Morgan fingerprint density at radius 3 is 2.93 bits per heavy atom. The predicted molar refractivity (Wildman–Crippen MR) is 64.9 cm³/mol. The topological polar surface area (TPSA) is 12.5 Å². The third-order valence-electron chi connectivity index (χ3n) is 2.65. The quantitative estimate of drug-likeness (QED) is 0.819. The maximum absolute atomic E-state index is 5.52. The summed E-state index contributed by atoms with van der Waals surface area (Å²) in [6.45, 7) is 2.60. The van der Waals surface area contributed by atoms with Gasteiger partial charge in [0.05, 0.1) is 13.2 Å². The Labute approximate surface area is 99.4 Å². The first-order chi connectivity index (χ1) is 7.16. The van der Waals surface area contributed by atoms with Crippen molar-refractivity contribution in [3.05, 3.63) is 33.3 Å². The summed E-state index contributed by atoms with van der Waals surface area (Å²) in [4.78, 5) is 2.19. The van der Waals surface area contributed by atoms with E-state index < -0.39 is 0 Å². The molecular weight excluding hydrogens is 254 g/mol. The molecule has 15 heavy (non-hydrogen) atoms. The smallest absolute Gasteiger partial charge is 0.0722 e. The van der Waals surface area contributed by atoms with Gasteiger partial charge >= 0.3 is 0 Å². The molecule has 0 saturated heterocycles. The monoisotopic (exact) mass is 269 g/mol. The van der Waals surface area contributed by atoms with Crippen molar-refractivity contribution >= 4 is 15.9 Å². The zero-order chi connectivity index (χ0) is 10.8. The van der Waals surface area contributed by atoms with E-state index in [9.17, 15) is 0 Å². The number of rotatable bonds is 2. The molecule has 0 atom stereocenters. The molecule has 0 amide bonds. The van der Waals surface area contributed by atoms with Crippen LogP contribution in [0.5, 0.6) is 0 Å². The zero-order valence-corrected chi connectivity index (χ0v) is 10.8. The fourth-order valence-electron chi connectivity index (χ4n) is 2.00. The van der Waals surface area contributed by atoms with Crippen LogP contribution in [0.4, 0.5) is 0 Å². The largest absolute Gasteiger partial charge is 0.376 e. The number of hydrogen-bond donors (Lipinski definition) is 0. The molecule has 0 aromatic heterocycles. The number of halogens is 1. The van der Waals surface area contributed by atoms with E-state index in [0.29, 0.717) is 0 Å². The molecule has 0 bridgehead atoms. The van der Waals surface area contributed by atoms with Crippen molar-refractivity contribution in [2.45, 2.75) is 19.6 Å². The summed E-state index contributed by atoms with van der Waals surface area (Å²) in [5.41, 5.74) is 4.20. The molecule has 0 saturated carbocycles. The van der Waals surface area contributed by atoms with E-state index in [-0.39, 0.29) is 0 Å². The van der Waals surface area contributed by atoms with E-state index in [1.165, 1.54) is 21.2 Å². The van der Waals surface area contributed by atoms with E-state index >= 15 is 0 Å². The van der Waals surface area contributed by atoms with E-state index in [0.717, 1.165) is 26.2 Å². The van der Waals surface area contributed by atoms with Crippen LogP contribution < -0.4 is 0 Å². The molecule has 0 fully saturated rings. The number of fused-ring (bicyclic) bond motifs is 1. The number of ether oxygens (including phenoxy) is 1. The highest BCUT2D eigenvalue weighted by molar-refractivity contribution is 9.10. The molecular formula is C12H16BrNO. The van der Waals surface area contributed by atoms with Gasteiger partial charge in [-0.25, -0.2) is 0 Å². The van der Waals surface area contributed by atoms with Crippen LogP contribution in [0, 0.1) is 0 Å². The van der Waals surface area contributed by atoms with Gasteiger partial charge in [-0.3, -0.25) is 0 Å². The third-order valence-corrected chi connectivity index (χ3v) is 3.11. The highest BCUT2D eigenvalue weighted by atomic mass is 79.9. The van der Waals surface area contributed by atoms with Crippen LogP contribution in [-0.4, -0.2) is 25.6 Å². The Morgan fingerprint density at radius 1 is 1.40 bits per heavy atom. The van der Waals surface area contributed by atoms with Crippen molar-refractivity contribution in [2.75, 3.05) is 20.7 Å². The minimum Gasteiger partial charge on any atom is -0.376 e. The summed E-state index contributed by atoms with van der Waals surface area (Å²) in [5, 5.41) is 0. The number of nitrogens with zero attached hydrogens (tertiary/aromatic N) is 1. The Balaban J connectivity index is 2.38. The van der Waals surface area contributed by atoms with E-state index in [1.54, 1.807) is 0 Å². The van der Waals surface area contributed by atoms with Gasteiger partial charge < -0.3 is 9.64 Å². The van der Waals surface area contributed by atoms with Crippen LogP contribution in [0.25, 0.3) is 0 Å². The Hall–Kier alpha value is -0.380. The van der Waals surface area contributed by atoms with Crippen LogP contribution in [0.1, 0.15) is 16.7 Å². The van der Waals surface area contributed by atoms with Gasteiger partial charge in [0, 0.05) is 11.0 Å². The second-order valence-electron chi connectivity index (χ2n) is 4.24. The highest BCUT2D eigenvalue weighted by Gasteiger charge is 2.14. The normalized spacial score (nSPS) is 15.5. The first kappa shape index (κ1) is 11.1. The van der Waals surface area contributed by atoms with E-state index in [2.05, 4.69) is 47.1 Å². The standard InChI is InChI=1S/C12H16BrNO/c1-14(2)7-10-6-11(13)5-9-3-4-15-8-12(9)10/h5-6H,3-4,7-8H2,1-2H3. The van der Waals surface area contributed by atoms with Gasteiger partial charge in [0.15, 0.2) is 0 Å². The third kappa shape index (κ3) is 2.60. The highest BCUT2D eigenvalue weighted by Crippen LogP contribution is 2.26. The Morgan fingerprint density at radius 2 is 2.20 bits per heavy atom. The molecule has 0 unspecified atom stereocenters. The molecule has 0 N–H and O–H groups in total. The summed E-state index contributed by atoms with van der Waals surface area (Å²) in [5.74, 6) is 0. The summed E-state index contributed by atoms with van der Waals surface area (Å²) >= 11 is 3.57. The van der Waals surface area contributed by atoms with Gasteiger partial charge in [-0.15, -0.1) is 0 Å². The van der Waals surface area contributed by atoms with Crippen molar-refractivity contribution in [2.24, 2.45) is 0 Å². The second-order valence-corrected chi connectivity index (χ2v) is 5.16. The van der Waals surface area contributed by atoms with Crippen LogP contribution in [0.2, 0.25) is 0 Å². The van der Waals surface area contributed by atoms with Gasteiger partial charge in [0.25, 0.3) is 0 Å². The lowest BCUT2D eigenvalue weighted by molar-refractivity contribution is 0.109. The molecule has 1 aromatic carbocycles. The summed E-state index contributed by atoms with van der Waals surface area (Å²) in [6.07, 6.45) is 1.04. The first-order valence-electron chi connectivity index (χ1n) is 5.19. The lowest BCUT2D eigenvalue weighted by Gasteiger charge is -2.22. The average Bonchev–Trinajstić information content (AvgIpc) is 2.16. The maximum atomic E-state index is 5.52. The molecule has 0 radical (unpaired) electrons. The molecule has 1 heterocycles. The van der Waals surface area contributed by atoms with Crippen molar-refractivity contribution in [1.82, 2.24) is 4.90 Å². The lowest BCUT2D eigenvalue weighted by atomic mass is 9.97. The fraction of sp³-hybridized carbons (Fsp3) is 0.500. The molecule has 1 aliphatic heterocycles. The SMILES string of the molecule is CN(C)Cc1cc(Br)cc2c1COCC2. The van der Waals surface area contributed by atoms with E-state index in [1.807, 2.05) is 0 Å². The first-order valence-corrected chi connectivity index (χ1v) is 5.99. The zero-order valence-electron chi connectivity index (χ0n) is 9.22. The van der Waals surface area contributed by atoms with Crippen molar-refractivity contribution in [1.29, 1.82) is 0 Å². The van der Waals surface area contributed by atoms with E-state index in [4.69, 9.17) is 4.74 Å². The number of hydrogen-bond acceptors (Lipinski definition) is 2. The maximum Gasteiger partial charge on any atom is 0.0722 e. The minimum atomic E-state index is 0.770. The van der Waals surface area contributed by atoms with Crippen molar-refractivity contribution < 1.29 is 4.74 Å². The van der Waals surface area contributed by atoms with Crippen molar-refractivity contribution in [3.8, 4) is 0 Å². The molecule has 82 valence electrons. The molecule has 0 spiro atoms.